The van der Waals surface area contributed by atoms with Crippen LogP contribution in [0, 0.1) is 0 Å². The first-order chi connectivity index (χ1) is 4.31. The fourth-order valence-electron chi connectivity index (χ4n) is 0.410. The van der Waals surface area contributed by atoms with Gasteiger partial charge >= 0.3 is 0 Å². The van der Waals surface area contributed by atoms with E-state index in [0.29, 0.717) is 6.61 Å². The van der Waals surface area contributed by atoms with Crippen molar-refractivity contribution in [3.05, 3.63) is 17.1 Å². The van der Waals surface area contributed by atoms with Crippen LogP contribution in [-0.2, 0) is 9.78 Å². The molecule has 0 saturated carbocycles. The summed E-state index contributed by atoms with van der Waals surface area (Å²) < 4.78 is 0. The van der Waals surface area contributed by atoms with Crippen molar-refractivity contribution in [2.45, 2.75) is 6.92 Å². The monoisotopic (exact) mass is 130 g/mol. The van der Waals surface area contributed by atoms with Gasteiger partial charge in [0.1, 0.15) is 6.61 Å². The van der Waals surface area contributed by atoms with Gasteiger partial charge in [0, 0.05) is 0 Å². The van der Waals surface area contributed by atoms with Crippen LogP contribution in [0.15, 0.2) is 11.8 Å². The molecule has 0 aliphatic heterocycles. The SMILES string of the molecule is C[N-]/C=C(/C)COOC. The van der Waals surface area contributed by atoms with Crippen molar-refractivity contribution in [1.29, 1.82) is 0 Å². The average molecular weight is 130 g/mol. The maximum atomic E-state index is 4.62. The van der Waals surface area contributed by atoms with Gasteiger partial charge in [-0.1, -0.05) is 5.57 Å². The van der Waals surface area contributed by atoms with E-state index < -0.39 is 0 Å². The van der Waals surface area contributed by atoms with Crippen LogP contribution in [0.4, 0.5) is 0 Å². The van der Waals surface area contributed by atoms with Gasteiger partial charge in [0.25, 0.3) is 0 Å². The topological polar surface area (TPSA) is 32.6 Å². The van der Waals surface area contributed by atoms with Crippen LogP contribution in [0.1, 0.15) is 6.92 Å². The summed E-state index contributed by atoms with van der Waals surface area (Å²) in [5, 5.41) is 3.79. The van der Waals surface area contributed by atoms with E-state index in [1.54, 1.807) is 13.2 Å². The van der Waals surface area contributed by atoms with E-state index >= 15 is 0 Å². The molecule has 0 aromatic carbocycles. The van der Waals surface area contributed by atoms with Crippen LogP contribution in [0.25, 0.3) is 5.32 Å². The van der Waals surface area contributed by atoms with Gasteiger partial charge in [0.2, 0.25) is 0 Å². The maximum absolute atomic E-state index is 4.62. The number of hydrogen-bond acceptors (Lipinski definition) is 2. The second-order valence-electron chi connectivity index (χ2n) is 1.66. The lowest BCUT2D eigenvalue weighted by molar-refractivity contribution is -0.265. The van der Waals surface area contributed by atoms with Gasteiger partial charge in [-0.2, -0.15) is 6.20 Å². The summed E-state index contributed by atoms with van der Waals surface area (Å²) in [5.74, 6) is 0. The van der Waals surface area contributed by atoms with Gasteiger partial charge in [-0.3, -0.25) is 0 Å². The van der Waals surface area contributed by atoms with Gasteiger partial charge < -0.3 is 5.32 Å². The van der Waals surface area contributed by atoms with E-state index in [1.807, 2.05) is 6.92 Å². The smallest absolute Gasteiger partial charge is 0.102 e. The first kappa shape index (κ1) is 8.46. The summed E-state index contributed by atoms with van der Waals surface area (Å²) in [6, 6.07) is 0. The largest absolute Gasteiger partial charge is 0.693 e. The molecule has 0 saturated heterocycles. The molecule has 9 heavy (non-hydrogen) atoms. The van der Waals surface area contributed by atoms with Gasteiger partial charge in [-0.05, 0) is 6.92 Å². The van der Waals surface area contributed by atoms with E-state index in [-0.39, 0.29) is 0 Å². The predicted molar refractivity (Wildman–Crippen MR) is 36.0 cm³/mol. The summed E-state index contributed by atoms with van der Waals surface area (Å²) in [7, 11) is 3.20. The van der Waals surface area contributed by atoms with Crippen LogP contribution < -0.4 is 0 Å². The molecule has 0 aliphatic rings. The molecule has 0 heterocycles. The molecule has 0 rings (SSSR count). The van der Waals surface area contributed by atoms with Crippen molar-refractivity contribution >= 4 is 0 Å². The number of hydrogen-bond donors (Lipinski definition) is 0. The molecule has 0 aliphatic carbocycles. The highest BCUT2D eigenvalue weighted by Crippen LogP contribution is 1.95. The molecule has 0 fully saturated rings. The summed E-state index contributed by atoms with van der Waals surface area (Å²) >= 11 is 0. The Kier molecular flexibility index (Phi) is 5.26. The van der Waals surface area contributed by atoms with Crippen molar-refractivity contribution in [2.75, 3.05) is 20.8 Å². The van der Waals surface area contributed by atoms with Crippen molar-refractivity contribution in [2.24, 2.45) is 0 Å². The Morgan fingerprint density at radius 1 is 1.67 bits per heavy atom. The molecule has 54 valence electrons. The lowest BCUT2D eigenvalue weighted by Gasteiger charge is -2.06. The van der Waals surface area contributed by atoms with Crippen LogP contribution in [0.2, 0.25) is 0 Å². The molecule has 0 bridgehead atoms. The fraction of sp³-hybridized carbons (Fsp3) is 0.667. The van der Waals surface area contributed by atoms with E-state index in [4.69, 9.17) is 0 Å². The van der Waals surface area contributed by atoms with E-state index in [9.17, 15) is 0 Å². The van der Waals surface area contributed by atoms with E-state index in [0.717, 1.165) is 5.57 Å². The Balaban J connectivity index is 3.25. The Labute approximate surface area is 55.6 Å². The minimum absolute atomic E-state index is 0.480. The molecule has 0 spiro atoms. The zero-order valence-electron chi connectivity index (χ0n) is 6.05. The predicted octanol–water partition coefficient (Wildman–Crippen LogP) is 1.47. The highest BCUT2D eigenvalue weighted by atomic mass is 17.2. The summed E-state index contributed by atoms with van der Waals surface area (Å²) in [6.07, 6.45) is 1.74. The highest BCUT2D eigenvalue weighted by molar-refractivity contribution is 5.06. The molecule has 0 aromatic rings. The van der Waals surface area contributed by atoms with Crippen molar-refractivity contribution in [3.8, 4) is 0 Å². The normalized spacial score (nSPS) is 11.7. The van der Waals surface area contributed by atoms with Crippen LogP contribution >= 0.6 is 0 Å². The number of rotatable bonds is 4. The fourth-order valence-corrected chi connectivity index (χ4v) is 0.410. The Bertz CT molecular complexity index is 91.1. The third-order valence-corrected chi connectivity index (χ3v) is 0.754. The van der Waals surface area contributed by atoms with Gasteiger partial charge in [0.15, 0.2) is 0 Å². The molecule has 0 unspecified atom stereocenters. The van der Waals surface area contributed by atoms with E-state index in [1.165, 1.54) is 7.11 Å². The molecule has 0 N–H and O–H groups in total. The van der Waals surface area contributed by atoms with Crippen LogP contribution in [-0.4, -0.2) is 20.8 Å². The molecular formula is C6H12NO2-. The third kappa shape index (κ3) is 5.33. The molecule has 0 aromatic heterocycles. The Morgan fingerprint density at radius 2 is 2.33 bits per heavy atom. The summed E-state index contributed by atoms with van der Waals surface area (Å²) in [4.78, 5) is 9.00. The van der Waals surface area contributed by atoms with Crippen LogP contribution in [0.5, 0.6) is 0 Å². The quantitative estimate of drug-likeness (QED) is 0.426. The van der Waals surface area contributed by atoms with Gasteiger partial charge in [-0.25, -0.2) is 9.78 Å². The summed E-state index contributed by atoms with van der Waals surface area (Å²) in [5.41, 5.74) is 1.04. The minimum atomic E-state index is 0.480. The average Bonchev–Trinajstić information content (AvgIpc) is 1.85. The zero-order chi connectivity index (χ0) is 7.11. The van der Waals surface area contributed by atoms with Crippen molar-refractivity contribution < 1.29 is 9.78 Å². The minimum Gasteiger partial charge on any atom is -0.693 e. The second kappa shape index (κ2) is 5.59. The Hall–Kier alpha value is -0.540. The summed E-state index contributed by atoms with van der Waals surface area (Å²) in [6.45, 7) is 2.40. The molecule has 3 nitrogen and oxygen atoms in total. The molecule has 0 amide bonds. The van der Waals surface area contributed by atoms with Gasteiger partial charge in [0.05, 0.1) is 7.11 Å². The zero-order valence-corrected chi connectivity index (χ0v) is 6.05. The highest BCUT2D eigenvalue weighted by Gasteiger charge is 1.82. The lowest BCUT2D eigenvalue weighted by atomic mass is 10.4. The standard InChI is InChI=1S/C6H12NO2/c1-6(4-7-2)5-9-8-3/h4H,5H2,1-3H3/q-1/b6-4-. The van der Waals surface area contributed by atoms with E-state index in [2.05, 4.69) is 15.1 Å². The maximum Gasteiger partial charge on any atom is 0.102 e. The molecule has 0 atom stereocenters. The third-order valence-electron chi connectivity index (χ3n) is 0.754. The Morgan fingerprint density at radius 3 is 2.78 bits per heavy atom. The van der Waals surface area contributed by atoms with Crippen LogP contribution in [0.3, 0.4) is 0 Å². The molecule has 0 radical (unpaired) electrons. The van der Waals surface area contributed by atoms with Crippen molar-refractivity contribution in [1.82, 2.24) is 0 Å². The second-order valence-corrected chi connectivity index (χ2v) is 1.66. The number of nitrogens with zero attached hydrogens (tertiary/aromatic N) is 1. The molecule has 3 heteroatoms. The van der Waals surface area contributed by atoms with Crippen molar-refractivity contribution in [3.63, 3.8) is 0 Å². The first-order valence-corrected chi connectivity index (χ1v) is 2.71. The lowest BCUT2D eigenvalue weighted by Crippen LogP contribution is -1.93. The van der Waals surface area contributed by atoms with Gasteiger partial charge in [-0.15, -0.1) is 7.05 Å². The molecular weight excluding hydrogens is 118 g/mol. The first-order valence-electron chi connectivity index (χ1n) is 2.71.